The van der Waals surface area contributed by atoms with Gasteiger partial charge in [-0.05, 0) is 32.1 Å². The van der Waals surface area contributed by atoms with Gasteiger partial charge in [-0.15, -0.1) is 24.1 Å². The van der Waals surface area contributed by atoms with Gasteiger partial charge in [0, 0.05) is 6.54 Å². The van der Waals surface area contributed by atoms with Crippen molar-refractivity contribution in [2.45, 2.75) is 34.6 Å². The van der Waals surface area contributed by atoms with E-state index in [9.17, 15) is 0 Å². The van der Waals surface area contributed by atoms with Crippen LogP contribution < -0.4 is 5.32 Å². The summed E-state index contributed by atoms with van der Waals surface area (Å²) >= 11 is 1.85. The van der Waals surface area contributed by atoms with Gasteiger partial charge >= 0.3 is 0 Å². The summed E-state index contributed by atoms with van der Waals surface area (Å²) in [5.41, 5.74) is 1.41. The van der Waals surface area contributed by atoms with Crippen LogP contribution in [-0.4, -0.2) is 19.3 Å². The van der Waals surface area contributed by atoms with Crippen LogP contribution in [0.3, 0.4) is 0 Å². The predicted molar refractivity (Wildman–Crippen MR) is 71.7 cm³/mol. The first-order chi connectivity index (χ1) is 6.72. The van der Waals surface area contributed by atoms with Crippen LogP contribution in [0.2, 0.25) is 0 Å². The fourth-order valence-electron chi connectivity index (χ4n) is 0.546. The Bertz CT molecular complexity index is 145. The van der Waals surface area contributed by atoms with Gasteiger partial charge in [-0.2, -0.15) is 0 Å². The molecule has 0 aromatic rings. The van der Waals surface area contributed by atoms with E-state index in [0.29, 0.717) is 0 Å². The highest BCUT2D eigenvalue weighted by molar-refractivity contribution is 8.02. The Labute approximate surface area is 94.7 Å². The maximum atomic E-state index is 4.60. The fraction of sp³-hybridized carbons (Fsp3) is 0.667. The number of nitrogens with one attached hydrogen (secondary N) is 1. The first-order valence-corrected chi connectivity index (χ1v) is 6.06. The zero-order chi connectivity index (χ0) is 11.8. The van der Waals surface area contributed by atoms with Crippen LogP contribution >= 0.6 is 11.8 Å². The molecule has 0 saturated heterocycles. The molecule has 0 rings (SSSR count). The SMILES string of the molecule is C#CC.CC.CCS/C=C(\C)CNC. The number of likely N-dealkylation sites (N-methyl/N-ethyl adjacent to an activating group) is 1. The molecule has 0 aromatic heterocycles. The van der Waals surface area contributed by atoms with Gasteiger partial charge in [0.2, 0.25) is 0 Å². The summed E-state index contributed by atoms with van der Waals surface area (Å²) in [6.45, 7) is 11.0. The second-order valence-corrected chi connectivity index (χ2v) is 3.38. The molecule has 0 aliphatic heterocycles. The van der Waals surface area contributed by atoms with Gasteiger partial charge in [0.1, 0.15) is 0 Å². The molecule has 0 bridgehead atoms. The number of rotatable bonds is 4. The molecular formula is C12H25NS. The van der Waals surface area contributed by atoms with Crippen LogP contribution in [0.15, 0.2) is 11.0 Å². The maximum Gasteiger partial charge on any atom is 0.0167 e. The van der Waals surface area contributed by atoms with Gasteiger partial charge < -0.3 is 5.32 Å². The monoisotopic (exact) mass is 215 g/mol. The van der Waals surface area contributed by atoms with Crippen LogP contribution in [0.5, 0.6) is 0 Å². The standard InChI is InChI=1S/C7H15NS.C3H4.C2H6/c1-4-9-6-7(2)5-8-3;1-3-2;1-2/h6,8H,4-5H2,1-3H3;1H,2H3;1-2H3/b7-6+;;. The summed E-state index contributed by atoms with van der Waals surface area (Å²) in [7, 11) is 1.97. The van der Waals surface area contributed by atoms with Gasteiger partial charge in [0.05, 0.1) is 0 Å². The number of terminal acetylenes is 1. The van der Waals surface area contributed by atoms with Gasteiger partial charge in [-0.1, -0.05) is 26.3 Å². The zero-order valence-corrected chi connectivity index (χ0v) is 11.3. The van der Waals surface area contributed by atoms with Gasteiger partial charge in [0.15, 0.2) is 0 Å². The van der Waals surface area contributed by atoms with E-state index in [1.165, 1.54) is 11.3 Å². The molecule has 0 radical (unpaired) electrons. The second kappa shape index (κ2) is 22.9. The Hall–Kier alpha value is -0.390. The van der Waals surface area contributed by atoms with Crippen molar-refractivity contribution in [3.05, 3.63) is 11.0 Å². The van der Waals surface area contributed by atoms with Gasteiger partial charge in [-0.25, -0.2) is 0 Å². The van der Waals surface area contributed by atoms with Crippen LogP contribution in [0.4, 0.5) is 0 Å². The van der Waals surface area contributed by atoms with E-state index in [4.69, 9.17) is 0 Å². The minimum Gasteiger partial charge on any atom is -0.316 e. The van der Waals surface area contributed by atoms with E-state index >= 15 is 0 Å². The molecule has 1 nitrogen and oxygen atoms in total. The van der Waals surface area contributed by atoms with Crippen LogP contribution in [0, 0.1) is 12.3 Å². The summed E-state index contributed by atoms with van der Waals surface area (Å²) in [4.78, 5) is 0. The number of hydrogen-bond donors (Lipinski definition) is 1. The second-order valence-electron chi connectivity index (χ2n) is 2.24. The molecule has 0 amide bonds. The van der Waals surface area contributed by atoms with Gasteiger partial charge in [-0.3, -0.25) is 0 Å². The molecule has 84 valence electrons. The normalized spacial score (nSPS) is 8.79. The summed E-state index contributed by atoms with van der Waals surface area (Å²) in [5.74, 6) is 3.42. The smallest absolute Gasteiger partial charge is 0.0167 e. The Morgan fingerprint density at radius 3 is 2.21 bits per heavy atom. The highest BCUT2D eigenvalue weighted by Gasteiger charge is 1.83. The van der Waals surface area contributed by atoms with E-state index in [1.807, 2.05) is 32.7 Å². The number of hydrogen-bond acceptors (Lipinski definition) is 2. The Kier molecular flexibility index (Phi) is 31.5. The van der Waals surface area contributed by atoms with E-state index in [1.54, 1.807) is 6.92 Å². The average molecular weight is 215 g/mol. The quantitative estimate of drug-likeness (QED) is 0.720. The van der Waals surface area contributed by atoms with Crippen molar-refractivity contribution in [1.29, 1.82) is 0 Å². The minimum absolute atomic E-state index is 1.01. The Morgan fingerprint density at radius 1 is 1.50 bits per heavy atom. The highest BCUT2D eigenvalue weighted by Crippen LogP contribution is 2.04. The van der Waals surface area contributed by atoms with Crippen molar-refractivity contribution in [2.24, 2.45) is 0 Å². The minimum atomic E-state index is 1.01. The van der Waals surface area contributed by atoms with Crippen molar-refractivity contribution < 1.29 is 0 Å². The first kappa shape index (κ1) is 19.2. The van der Waals surface area contributed by atoms with E-state index < -0.39 is 0 Å². The third-order valence-electron chi connectivity index (χ3n) is 0.907. The Balaban J connectivity index is -0.000000205. The largest absolute Gasteiger partial charge is 0.316 e. The molecule has 0 aliphatic rings. The molecule has 0 unspecified atom stereocenters. The molecule has 14 heavy (non-hydrogen) atoms. The number of thioether (sulfide) groups is 1. The molecular weight excluding hydrogens is 190 g/mol. The third kappa shape index (κ3) is 29.9. The van der Waals surface area contributed by atoms with Crippen molar-refractivity contribution >= 4 is 11.8 Å². The van der Waals surface area contributed by atoms with E-state index in [0.717, 1.165) is 6.54 Å². The topological polar surface area (TPSA) is 12.0 Å². The van der Waals surface area contributed by atoms with Crippen molar-refractivity contribution in [1.82, 2.24) is 5.32 Å². The lowest BCUT2D eigenvalue weighted by Gasteiger charge is -1.96. The molecule has 0 aromatic carbocycles. The lowest BCUT2D eigenvalue weighted by Crippen LogP contribution is -2.07. The van der Waals surface area contributed by atoms with E-state index in [-0.39, 0.29) is 0 Å². The lowest BCUT2D eigenvalue weighted by atomic mass is 10.4. The molecule has 0 fully saturated rings. The third-order valence-corrected chi connectivity index (χ3v) is 1.81. The zero-order valence-electron chi connectivity index (χ0n) is 10.5. The fourth-order valence-corrected chi connectivity index (χ4v) is 1.08. The lowest BCUT2D eigenvalue weighted by molar-refractivity contribution is 0.882. The maximum absolute atomic E-state index is 4.60. The molecule has 0 heterocycles. The Morgan fingerprint density at radius 2 is 1.93 bits per heavy atom. The highest BCUT2D eigenvalue weighted by atomic mass is 32.2. The molecule has 0 saturated carbocycles. The molecule has 1 N–H and O–H groups in total. The molecule has 0 aliphatic carbocycles. The van der Waals surface area contributed by atoms with Crippen LogP contribution in [0.1, 0.15) is 34.6 Å². The summed E-state index contributed by atoms with van der Waals surface area (Å²) < 4.78 is 0. The van der Waals surface area contributed by atoms with Crippen molar-refractivity contribution in [3.8, 4) is 12.3 Å². The van der Waals surface area contributed by atoms with Crippen LogP contribution in [-0.2, 0) is 0 Å². The first-order valence-electron chi connectivity index (χ1n) is 5.02. The van der Waals surface area contributed by atoms with Crippen molar-refractivity contribution in [3.63, 3.8) is 0 Å². The average Bonchev–Trinajstić information content (AvgIpc) is 2.20. The van der Waals surface area contributed by atoms with Gasteiger partial charge in [0.25, 0.3) is 0 Å². The molecule has 0 atom stereocenters. The molecule has 0 spiro atoms. The summed E-state index contributed by atoms with van der Waals surface area (Å²) in [6.07, 6.45) is 4.60. The summed E-state index contributed by atoms with van der Waals surface area (Å²) in [6, 6.07) is 0. The molecule has 2 heteroatoms. The van der Waals surface area contributed by atoms with E-state index in [2.05, 4.69) is 36.9 Å². The summed E-state index contributed by atoms with van der Waals surface area (Å²) in [5, 5.41) is 5.30. The predicted octanol–water partition coefficient (Wildman–Crippen LogP) is 3.53. The van der Waals surface area contributed by atoms with Crippen molar-refractivity contribution in [2.75, 3.05) is 19.3 Å². The van der Waals surface area contributed by atoms with Crippen LogP contribution in [0.25, 0.3) is 0 Å².